The van der Waals surface area contributed by atoms with Crippen molar-refractivity contribution in [3.05, 3.63) is 64.1 Å². The molecular formula is C14H14BrFN2. The van der Waals surface area contributed by atoms with Crippen molar-refractivity contribution in [1.82, 2.24) is 10.3 Å². The molecule has 1 atom stereocenters. The maximum Gasteiger partial charge on any atom is 0.129 e. The molecule has 0 fully saturated rings. The van der Waals surface area contributed by atoms with Gasteiger partial charge < -0.3 is 5.32 Å². The van der Waals surface area contributed by atoms with E-state index in [0.717, 1.165) is 10.0 Å². The molecule has 1 N–H and O–H groups in total. The molecule has 18 heavy (non-hydrogen) atoms. The second kappa shape index (κ2) is 6.07. The summed E-state index contributed by atoms with van der Waals surface area (Å²) in [5.41, 5.74) is 1.75. The highest BCUT2D eigenvalue weighted by molar-refractivity contribution is 9.10. The van der Waals surface area contributed by atoms with Gasteiger partial charge in [0, 0.05) is 35.0 Å². The molecule has 2 nitrogen and oxygen atoms in total. The van der Waals surface area contributed by atoms with Gasteiger partial charge in [-0.3, -0.25) is 4.98 Å². The lowest BCUT2D eigenvalue weighted by molar-refractivity contribution is 0.527. The summed E-state index contributed by atoms with van der Waals surface area (Å²) in [6, 6.07) is 8.96. The highest BCUT2D eigenvalue weighted by Gasteiger charge is 2.10. The molecule has 1 unspecified atom stereocenters. The van der Waals surface area contributed by atoms with Crippen molar-refractivity contribution in [2.24, 2.45) is 0 Å². The van der Waals surface area contributed by atoms with Gasteiger partial charge in [-0.05, 0) is 30.7 Å². The van der Waals surface area contributed by atoms with Crippen molar-refractivity contribution in [3.8, 4) is 0 Å². The summed E-state index contributed by atoms with van der Waals surface area (Å²) in [5, 5.41) is 3.28. The smallest absolute Gasteiger partial charge is 0.129 e. The molecule has 94 valence electrons. The highest BCUT2D eigenvalue weighted by atomic mass is 79.9. The minimum Gasteiger partial charge on any atom is -0.306 e. The highest BCUT2D eigenvalue weighted by Crippen LogP contribution is 2.21. The Morgan fingerprint density at radius 2 is 2.22 bits per heavy atom. The largest absolute Gasteiger partial charge is 0.306 e. The number of benzene rings is 1. The van der Waals surface area contributed by atoms with Gasteiger partial charge in [-0.15, -0.1) is 0 Å². The van der Waals surface area contributed by atoms with Crippen molar-refractivity contribution in [3.63, 3.8) is 0 Å². The molecular weight excluding hydrogens is 295 g/mol. The monoisotopic (exact) mass is 308 g/mol. The number of hydrogen-bond donors (Lipinski definition) is 1. The van der Waals surface area contributed by atoms with Crippen LogP contribution in [-0.2, 0) is 6.54 Å². The van der Waals surface area contributed by atoms with E-state index < -0.39 is 0 Å². The van der Waals surface area contributed by atoms with E-state index in [-0.39, 0.29) is 11.9 Å². The molecule has 0 saturated carbocycles. The van der Waals surface area contributed by atoms with Crippen LogP contribution in [0.4, 0.5) is 4.39 Å². The van der Waals surface area contributed by atoms with Crippen LogP contribution in [0.25, 0.3) is 0 Å². The first kappa shape index (κ1) is 13.2. The molecule has 0 bridgehead atoms. The zero-order valence-electron chi connectivity index (χ0n) is 10.0. The number of nitrogens with one attached hydrogen (secondary N) is 1. The Hall–Kier alpha value is -1.26. The molecule has 4 heteroatoms. The molecule has 0 amide bonds. The van der Waals surface area contributed by atoms with Crippen LogP contribution < -0.4 is 5.32 Å². The van der Waals surface area contributed by atoms with Crippen LogP contribution in [0, 0.1) is 5.82 Å². The lowest BCUT2D eigenvalue weighted by Gasteiger charge is -2.15. The van der Waals surface area contributed by atoms with Crippen molar-refractivity contribution in [2.75, 3.05) is 0 Å². The summed E-state index contributed by atoms with van der Waals surface area (Å²) in [6.45, 7) is 2.62. The maximum atomic E-state index is 13.7. The Morgan fingerprint density at radius 1 is 1.39 bits per heavy atom. The minimum absolute atomic E-state index is 0.0432. The fourth-order valence-electron chi connectivity index (χ4n) is 1.74. The molecule has 0 saturated heterocycles. The third-order valence-electron chi connectivity index (χ3n) is 2.76. The van der Waals surface area contributed by atoms with Crippen molar-refractivity contribution >= 4 is 15.9 Å². The quantitative estimate of drug-likeness (QED) is 0.928. The first-order valence-electron chi connectivity index (χ1n) is 5.74. The molecule has 1 aromatic heterocycles. The van der Waals surface area contributed by atoms with Gasteiger partial charge in [0.05, 0.1) is 0 Å². The van der Waals surface area contributed by atoms with Crippen molar-refractivity contribution in [1.29, 1.82) is 0 Å². The number of rotatable bonds is 4. The fraction of sp³-hybridized carbons (Fsp3) is 0.214. The van der Waals surface area contributed by atoms with Gasteiger partial charge in [-0.25, -0.2) is 4.39 Å². The summed E-state index contributed by atoms with van der Waals surface area (Å²) in [4.78, 5) is 4.04. The lowest BCUT2D eigenvalue weighted by atomic mass is 10.1. The summed E-state index contributed by atoms with van der Waals surface area (Å²) in [5.74, 6) is -0.199. The van der Waals surface area contributed by atoms with Gasteiger partial charge in [-0.2, -0.15) is 0 Å². The number of halogens is 2. The molecule has 0 aliphatic rings. The van der Waals surface area contributed by atoms with E-state index in [4.69, 9.17) is 0 Å². The SMILES string of the molecule is CC(NCc1cccnc1)c1ccc(Br)cc1F. The predicted octanol–water partition coefficient (Wildman–Crippen LogP) is 3.83. The minimum atomic E-state index is -0.199. The second-order valence-corrected chi connectivity index (χ2v) is 5.05. The Balaban J connectivity index is 2.01. The average molecular weight is 309 g/mol. The third kappa shape index (κ3) is 3.37. The normalized spacial score (nSPS) is 12.4. The van der Waals surface area contributed by atoms with Crippen LogP contribution in [0.3, 0.4) is 0 Å². The number of pyridine rings is 1. The molecule has 0 spiro atoms. The van der Waals surface area contributed by atoms with E-state index in [2.05, 4.69) is 26.2 Å². The van der Waals surface area contributed by atoms with Crippen molar-refractivity contribution < 1.29 is 4.39 Å². The standard InChI is InChI=1S/C14H14BrFN2/c1-10(13-5-4-12(15)7-14(13)16)18-9-11-3-2-6-17-8-11/h2-8,10,18H,9H2,1H3. The van der Waals surface area contributed by atoms with E-state index in [1.165, 1.54) is 6.07 Å². The Kier molecular flexibility index (Phi) is 4.44. The second-order valence-electron chi connectivity index (χ2n) is 4.13. The Bertz CT molecular complexity index is 516. The van der Waals surface area contributed by atoms with Gasteiger partial charge in [0.1, 0.15) is 5.82 Å². The summed E-state index contributed by atoms with van der Waals surface area (Å²) in [7, 11) is 0. The predicted molar refractivity (Wildman–Crippen MR) is 73.6 cm³/mol. The van der Waals surface area contributed by atoms with Gasteiger partial charge >= 0.3 is 0 Å². The first-order chi connectivity index (χ1) is 8.66. The van der Waals surface area contributed by atoms with E-state index in [1.54, 1.807) is 18.5 Å². The molecule has 0 aliphatic carbocycles. The summed E-state index contributed by atoms with van der Waals surface area (Å²) in [6.07, 6.45) is 3.54. The van der Waals surface area contributed by atoms with Gasteiger partial charge in [0.25, 0.3) is 0 Å². The van der Waals surface area contributed by atoms with Gasteiger partial charge in [0.2, 0.25) is 0 Å². The lowest BCUT2D eigenvalue weighted by Crippen LogP contribution is -2.19. The van der Waals surface area contributed by atoms with Crippen LogP contribution in [0.15, 0.2) is 47.2 Å². The molecule has 1 aromatic carbocycles. The van der Waals surface area contributed by atoms with Crippen LogP contribution in [0.5, 0.6) is 0 Å². The number of nitrogens with zero attached hydrogens (tertiary/aromatic N) is 1. The molecule has 2 rings (SSSR count). The Labute approximate surface area is 114 Å². The van der Waals surface area contributed by atoms with E-state index >= 15 is 0 Å². The average Bonchev–Trinajstić information content (AvgIpc) is 2.37. The molecule has 2 aromatic rings. The number of hydrogen-bond acceptors (Lipinski definition) is 2. The zero-order chi connectivity index (χ0) is 13.0. The first-order valence-corrected chi connectivity index (χ1v) is 6.53. The van der Waals surface area contributed by atoms with Crippen molar-refractivity contribution in [2.45, 2.75) is 19.5 Å². The van der Waals surface area contributed by atoms with Gasteiger partial charge in [0.15, 0.2) is 0 Å². The van der Waals surface area contributed by atoms with Crippen LogP contribution in [-0.4, -0.2) is 4.98 Å². The van der Waals surface area contributed by atoms with E-state index in [1.807, 2.05) is 25.1 Å². The van der Waals surface area contributed by atoms with E-state index in [0.29, 0.717) is 12.1 Å². The fourth-order valence-corrected chi connectivity index (χ4v) is 2.07. The van der Waals surface area contributed by atoms with Crippen LogP contribution in [0.2, 0.25) is 0 Å². The number of aromatic nitrogens is 1. The van der Waals surface area contributed by atoms with Gasteiger partial charge in [-0.1, -0.05) is 28.1 Å². The van der Waals surface area contributed by atoms with E-state index in [9.17, 15) is 4.39 Å². The maximum absolute atomic E-state index is 13.7. The molecule has 0 aliphatic heterocycles. The molecule has 1 heterocycles. The third-order valence-corrected chi connectivity index (χ3v) is 3.26. The Morgan fingerprint density at radius 3 is 2.89 bits per heavy atom. The molecule has 0 radical (unpaired) electrons. The van der Waals surface area contributed by atoms with Crippen LogP contribution in [0.1, 0.15) is 24.1 Å². The zero-order valence-corrected chi connectivity index (χ0v) is 11.6. The summed E-state index contributed by atoms with van der Waals surface area (Å²) < 4.78 is 14.5. The summed E-state index contributed by atoms with van der Waals surface area (Å²) >= 11 is 3.25. The topological polar surface area (TPSA) is 24.9 Å². The van der Waals surface area contributed by atoms with Crippen LogP contribution >= 0.6 is 15.9 Å².